The number of halogens is 1. The van der Waals surface area contributed by atoms with Gasteiger partial charge in [-0.3, -0.25) is 0 Å². The number of rotatable bonds is 5. The summed E-state index contributed by atoms with van der Waals surface area (Å²) in [7, 11) is -1.94. The van der Waals surface area contributed by atoms with Crippen molar-refractivity contribution in [1.82, 2.24) is 9.71 Å². The lowest BCUT2D eigenvalue weighted by Gasteiger charge is -2.07. The maximum atomic E-state index is 11.1. The lowest BCUT2D eigenvalue weighted by Crippen LogP contribution is -2.24. The molecule has 0 unspecified atom stereocenters. The monoisotopic (exact) mass is 250 g/mol. The Balaban J connectivity index is 2.73. The van der Waals surface area contributed by atoms with Gasteiger partial charge >= 0.3 is 0 Å². The van der Waals surface area contributed by atoms with Crippen molar-refractivity contribution in [2.45, 2.75) is 6.54 Å². The number of hydrogen-bond donors (Lipinski definition) is 1. The van der Waals surface area contributed by atoms with Gasteiger partial charge < -0.3 is 4.74 Å². The fraction of sp³-hybridized carbons (Fsp3) is 0.375. The lowest BCUT2D eigenvalue weighted by molar-refractivity contribution is 0.392. The Hall–Kier alpha value is -0.850. The highest BCUT2D eigenvalue weighted by Crippen LogP contribution is 2.13. The van der Waals surface area contributed by atoms with Crippen LogP contribution in [0.3, 0.4) is 0 Å². The van der Waals surface area contributed by atoms with Crippen LogP contribution < -0.4 is 9.46 Å². The molecule has 0 atom stereocenters. The molecule has 0 aromatic carbocycles. The molecular weight excluding hydrogens is 240 g/mol. The van der Waals surface area contributed by atoms with Crippen LogP contribution in [0.25, 0.3) is 0 Å². The predicted molar refractivity (Wildman–Crippen MR) is 57.3 cm³/mol. The minimum absolute atomic E-state index is 0.117. The SMILES string of the molecule is COc1ncccc1CNS(=O)(=O)CCl. The third-order valence-electron chi connectivity index (χ3n) is 1.67. The minimum atomic E-state index is -3.41. The van der Waals surface area contributed by atoms with Gasteiger partial charge in [0.1, 0.15) is 5.21 Å². The summed E-state index contributed by atoms with van der Waals surface area (Å²) in [6.45, 7) is 0.117. The summed E-state index contributed by atoms with van der Waals surface area (Å²) >= 11 is 5.24. The third-order valence-corrected chi connectivity index (χ3v) is 3.40. The number of ether oxygens (including phenoxy) is 1. The molecule has 0 aliphatic carbocycles. The number of methoxy groups -OCH3 is 1. The van der Waals surface area contributed by atoms with Crippen molar-refractivity contribution < 1.29 is 13.2 Å². The summed E-state index contributed by atoms with van der Waals surface area (Å²) in [5.41, 5.74) is 0.661. The van der Waals surface area contributed by atoms with Crippen molar-refractivity contribution in [2.24, 2.45) is 0 Å². The van der Waals surface area contributed by atoms with Crippen molar-refractivity contribution in [3.8, 4) is 5.88 Å². The molecule has 1 aromatic heterocycles. The zero-order chi connectivity index (χ0) is 11.3. The first-order valence-electron chi connectivity index (χ1n) is 4.10. The van der Waals surface area contributed by atoms with Crippen molar-refractivity contribution in [1.29, 1.82) is 0 Å². The Bertz CT molecular complexity index is 422. The Morgan fingerprint density at radius 3 is 2.93 bits per heavy atom. The summed E-state index contributed by atoms with van der Waals surface area (Å²) in [5, 5.41) is -0.463. The second kappa shape index (κ2) is 5.29. The standard InChI is InChI=1S/C8H11ClN2O3S/c1-14-8-7(3-2-4-10-8)5-11-15(12,13)6-9/h2-4,11H,5-6H2,1H3. The number of nitrogens with zero attached hydrogens (tertiary/aromatic N) is 1. The fourth-order valence-corrected chi connectivity index (χ4v) is 1.65. The Labute approximate surface area is 93.5 Å². The zero-order valence-electron chi connectivity index (χ0n) is 8.10. The molecule has 84 valence electrons. The van der Waals surface area contributed by atoms with E-state index in [9.17, 15) is 8.42 Å². The van der Waals surface area contributed by atoms with Crippen LogP contribution in [-0.2, 0) is 16.6 Å². The molecular formula is C8H11ClN2O3S. The average molecular weight is 251 g/mol. The van der Waals surface area contributed by atoms with Crippen LogP contribution in [0.2, 0.25) is 0 Å². The van der Waals surface area contributed by atoms with Crippen molar-refractivity contribution in [3.63, 3.8) is 0 Å². The molecule has 0 aliphatic heterocycles. The molecule has 1 N–H and O–H groups in total. The van der Waals surface area contributed by atoms with Crippen LogP contribution in [0.5, 0.6) is 5.88 Å². The summed E-state index contributed by atoms with van der Waals surface area (Å²) in [6, 6.07) is 3.43. The molecule has 0 spiro atoms. The smallest absolute Gasteiger partial charge is 0.225 e. The lowest BCUT2D eigenvalue weighted by atomic mass is 10.3. The van der Waals surface area contributed by atoms with Crippen LogP contribution in [0.4, 0.5) is 0 Å². The Morgan fingerprint density at radius 1 is 1.60 bits per heavy atom. The third kappa shape index (κ3) is 3.65. The van der Waals surface area contributed by atoms with Gasteiger partial charge in [0.25, 0.3) is 0 Å². The van der Waals surface area contributed by atoms with Crippen LogP contribution in [-0.4, -0.2) is 25.7 Å². The van der Waals surface area contributed by atoms with Gasteiger partial charge in [0.2, 0.25) is 15.9 Å². The maximum Gasteiger partial charge on any atom is 0.225 e. The first-order chi connectivity index (χ1) is 7.09. The molecule has 0 saturated carbocycles. The molecule has 0 radical (unpaired) electrons. The van der Waals surface area contributed by atoms with E-state index in [0.29, 0.717) is 11.4 Å². The first-order valence-corrected chi connectivity index (χ1v) is 6.29. The number of alkyl halides is 1. The largest absolute Gasteiger partial charge is 0.481 e. The highest BCUT2D eigenvalue weighted by Gasteiger charge is 2.09. The van der Waals surface area contributed by atoms with Gasteiger partial charge in [-0.1, -0.05) is 6.07 Å². The minimum Gasteiger partial charge on any atom is -0.481 e. The molecule has 0 aliphatic rings. The normalized spacial score (nSPS) is 11.3. The molecule has 7 heteroatoms. The average Bonchev–Trinajstić information content (AvgIpc) is 2.27. The number of hydrogen-bond acceptors (Lipinski definition) is 4. The van der Waals surface area contributed by atoms with Gasteiger partial charge in [-0.15, -0.1) is 11.6 Å². The molecule has 5 nitrogen and oxygen atoms in total. The van der Waals surface area contributed by atoms with Crippen molar-refractivity contribution in [3.05, 3.63) is 23.9 Å². The molecule has 1 rings (SSSR count). The number of aromatic nitrogens is 1. The van der Waals surface area contributed by atoms with Gasteiger partial charge in [-0.05, 0) is 6.07 Å². The van der Waals surface area contributed by atoms with Gasteiger partial charge in [0, 0.05) is 18.3 Å². The van der Waals surface area contributed by atoms with Crippen molar-refractivity contribution >= 4 is 21.6 Å². The Morgan fingerprint density at radius 2 is 2.33 bits per heavy atom. The van der Waals surface area contributed by atoms with E-state index in [1.165, 1.54) is 7.11 Å². The molecule has 15 heavy (non-hydrogen) atoms. The second-order valence-electron chi connectivity index (χ2n) is 2.72. The van der Waals surface area contributed by atoms with E-state index in [1.54, 1.807) is 18.3 Å². The molecule has 0 amide bonds. The van der Waals surface area contributed by atoms with Crippen LogP contribution in [0.1, 0.15) is 5.56 Å². The van der Waals surface area contributed by atoms with Crippen LogP contribution in [0.15, 0.2) is 18.3 Å². The maximum absolute atomic E-state index is 11.1. The fourth-order valence-electron chi connectivity index (χ4n) is 0.969. The molecule has 0 saturated heterocycles. The quantitative estimate of drug-likeness (QED) is 0.782. The summed E-state index contributed by atoms with van der Waals surface area (Å²) in [5.74, 6) is 0.398. The van der Waals surface area contributed by atoms with E-state index >= 15 is 0 Å². The highest BCUT2D eigenvalue weighted by molar-refractivity contribution is 7.90. The van der Waals surface area contributed by atoms with E-state index < -0.39 is 15.2 Å². The zero-order valence-corrected chi connectivity index (χ0v) is 9.68. The summed E-state index contributed by atoms with van der Waals surface area (Å²) in [6.07, 6.45) is 1.57. The van der Waals surface area contributed by atoms with Crippen LogP contribution >= 0.6 is 11.6 Å². The van der Waals surface area contributed by atoms with E-state index in [0.717, 1.165) is 0 Å². The highest BCUT2D eigenvalue weighted by atomic mass is 35.5. The van der Waals surface area contributed by atoms with Gasteiger partial charge in [0.05, 0.1) is 7.11 Å². The van der Waals surface area contributed by atoms with Gasteiger partial charge in [-0.2, -0.15) is 0 Å². The Kier molecular flexibility index (Phi) is 4.31. The molecule has 0 fully saturated rings. The topological polar surface area (TPSA) is 68.3 Å². The number of sulfonamides is 1. The van der Waals surface area contributed by atoms with E-state index in [2.05, 4.69) is 9.71 Å². The van der Waals surface area contributed by atoms with Gasteiger partial charge in [-0.25, -0.2) is 18.1 Å². The van der Waals surface area contributed by atoms with E-state index in [1.807, 2.05) is 0 Å². The number of pyridine rings is 1. The van der Waals surface area contributed by atoms with Crippen molar-refractivity contribution in [2.75, 3.05) is 12.3 Å². The first kappa shape index (κ1) is 12.2. The summed E-state index contributed by atoms with van der Waals surface area (Å²) in [4.78, 5) is 3.93. The second-order valence-corrected chi connectivity index (χ2v) is 5.11. The van der Waals surface area contributed by atoms with Gasteiger partial charge in [0.15, 0.2) is 0 Å². The summed E-state index contributed by atoms with van der Waals surface area (Å²) < 4.78 is 29.4. The van der Waals surface area contributed by atoms with E-state index in [4.69, 9.17) is 16.3 Å². The molecule has 1 heterocycles. The van der Waals surface area contributed by atoms with E-state index in [-0.39, 0.29) is 6.54 Å². The van der Waals surface area contributed by atoms with Crippen LogP contribution in [0, 0.1) is 0 Å². The number of nitrogens with one attached hydrogen (secondary N) is 1. The molecule has 0 bridgehead atoms. The predicted octanol–water partition coefficient (Wildman–Crippen LogP) is 0.706. The molecule has 1 aromatic rings.